The summed E-state index contributed by atoms with van der Waals surface area (Å²) in [6, 6.07) is 9.49. The Labute approximate surface area is 116 Å². The van der Waals surface area contributed by atoms with Gasteiger partial charge in [0.2, 0.25) is 0 Å². The fourth-order valence-electron chi connectivity index (χ4n) is 2.00. The normalized spacial score (nSPS) is 25.2. The molecule has 0 aromatic heterocycles. The first-order valence-electron chi connectivity index (χ1n) is 6.16. The first-order valence-corrected chi connectivity index (χ1v) is 6.16. The summed E-state index contributed by atoms with van der Waals surface area (Å²) < 4.78 is 20.1. The molecular weight excluding hydrogens is 264 g/mol. The van der Waals surface area contributed by atoms with Gasteiger partial charge in [0, 0.05) is 6.42 Å². The molecule has 3 atom stereocenters. The van der Waals surface area contributed by atoms with E-state index in [-0.39, 0.29) is 0 Å². The van der Waals surface area contributed by atoms with E-state index in [2.05, 4.69) is 9.47 Å². The van der Waals surface area contributed by atoms with Crippen molar-refractivity contribution in [2.75, 3.05) is 14.2 Å². The second kappa shape index (κ2) is 6.49. The van der Waals surface area contributed by atoms with Crippen LogP contribution in [0.1, 0.15) is 5.56 Å². The molecule has 1 aliphatic heterocycles. The largest absolute Gasteiger partial charge is 0.467 e. The average molecular weight is 280 g/mol. The van der Waals surface area contributed by atoms with Gasteiger partial charge in [0.1, 0.15) is 0 Å². The van der Waals surface area contributed by atoms with Gasteiger partial charge in [-0.2, -0.15) is 0 Å². The predicted molar refractivity (Wildman–Crippen MR) is 67.7 cm³/mol. The second-order valence-electron chi connectivity index (χ2n) is 4.28. The maximum atomic E-state index is 11.6. The maximum Gasteiger partial charge on any atom is 0.338 e. The molecule has 0 bridgehead atoms. The second-order valence-corrected chi connectivity index (χ2v) is 4.28. The molecule has 2 rings (SSSR count). The van der Waals surface area contributed by atoms with Crippen LogP contribution >= 0.6 is 0 Å². The Morgan fingerprint density at radius 1 is 1.00 bits per heavy atom. The van der Waals surface area contributed by atoms with Crippen LogP contribution in [0.3, 0.4) is 0 Å². The summed E-state index contributed by atoms with van der Waals surface area (Å²) in [7, 11) is 2.45. The molecule has 0 aliphatic carbocycles. The molecule has 0 saturated carbocycles. The molecule has 20 heavy (non-hydrogen) atoms. The Morgan fingerprint density at radius 2 is 1.50 bits per heavy atom. The summed E-state index contributed by atoms with van der Waals surface area (Å²) in [6.07, 6.45) is -2.45. The monoisotopic (exact) mass is 280 g/mol. The molecule has 0 spiro atoms. The van der Waals surface area contributed by atoms with Gasteiger partial charge in [-0.05, 0) is 5.56 Å². The van der Waals surface area contributed by atoms with Crippen LogP contribution in [0, 0.1) is 0 Å². The van der Waals surface area contributed by atoms with Gasteiger partial charge >= 0.3 is 11.9 Å². The van der Waals surface area contributed by atoms with Gasteiger partial charge in [0.25, 0.3) is 0 Å². The summed E-state index contributed by atoms with van der Waals surface area (Å²) >= 11 is 0. The maximum absolute atomic E-state index is 11.6. The molecule has 108 valence electrons. The summed E-state index contributed by atoms with van der Waals surface area (Å²) in [5, 5.41) is 0. The van der Waals surface area contributed by atoms with E-state index in [0.29, 0.717) is 6.42 Å². The highest BCUT2D eigenvalue weighted by molar-refractivity contribution is 5.86. The lowest BCUT2D eigenvalue weighted by atomic mass is 10.1. The zero-order valence-corrected chi connectivity index (χ0v) is 11.3. The van der Waals surface area contributed by atoms with Crippen molar-refractivity contribution in [3.63, 3.8) is 0 Å². The number of methoxy groups -OCH3 is 2. The minimum absolute atomic E-state index is 0.432. The van der Waals surface area contributed by atoms with E-state index >= 15 is 0 Å². The van der Waals surface area contributed by atoms with Crippen molar-refractivity contribution in [2.45, 2.75) is 24.9 Å². The lowest BCUT2D eigenvalue weighted by Gasteiger charge is -2.11. The highest BCUT2D eigenvalue weighted by Gasteiger charge is 2.46. The van der Waals surface area contributed by atoms with Crippen molar-refractivity contribution in [3.8, 4) is 0 Å². The highest BCUT2D eigenvalue weighted by atomic mass is 16.8. The third kappa shape index (κ3) is 3.15. The van der Waals surface area contributed by atoms with E-state index in [1.165, 1.54) is 14.2 Å². The summed E-state index contributed by atoms with van der Waals surface area (Å²) in [5.74, 6) is -1.31. The number of rotatable bonds is 4. The van der Waals surface area contributed by atoms with Crippen LogP contribution in [0.15, 0.2) is 30.3 Å². The summed E-state index contributed by atoms with van der Waals surface area (Å²) in [4.78, 5) is 23.2. The molecule has 1 fully saturated rings. The van der Waals surface area contributed by atoms with Crippen LogP contribution in [-0.4, -0.2) is 44.7 Å². The van der Waals surface area contributed by atoms with E-state index < -0.39 is 30.4 Å². The fraction of sp³-hybridized carbons (Fsp3) is 0.429. The van der Waals surface area contributed by atoms with E-state index in [1.807, 2.05) is 30.3 Å². The van der Waals surface area contributed by atoms with E-state index in [1.54, 1.807) is 0 Å². The topological polar surface area (TPSA) is 71.1 Å². The Balaban J connectivity index is 2.07. The van der Waals surface area contributed by atoms with Crippen molar-refractivity contribution in [1.29, 1.82) is 0 Å². The predicted octanol–water partition coefficient (Wildman–Crippen LogP) is 0.685. The Bertz CT molecular complexity index is 448. The van der Waals surface area contributed by atoms with Crippen molar-refractivity contribution >= 4 is 11.9 Å². The smallest absolute Gasteiger partial charge is 0.338 e. The third-order valence-electron chi connectivity index (χ3n) is 2.98. The molecule has 1 aromatic rings. The van der Waals surface area contributed by atoms with Crippen LogP contribution in [-0.2, 0) is 35.0 Å². The standard InChI is InChI=1S/C14H16O6/c1-17-13(15)11-12(14(16)18-2)20-10(19-11)8-9-6-4-3-5-7-9/h3-7,10-12H,8H2,1-2H3/t10?,11-,12+. The van der Waals surface area contributed by atoms with E-state index in [0.717, 1.165) is 5.56 Å². The zero-order valence-electron chi connectivity index (χ0n) is 11.3. The lowest BCUT2D eigenvalue weighted by molar-refractivity contribution is -0.160. The lowest BCUT2D eigenvalue weighted by Crippen LogP contribution is -2.38. The van der Waals surface area contributed by atoms with Crippen molar-refractivity contribution in [2.24, 2.45) is 0 Å². The van der Waals surface area contributed by atoms with Crippen LogP contribution in [0.2, 0.25) is 0 Å². The Morgan fingerprint density at radius 3 is 1.95 bits per heavy atom. The molecule has 1 aromatic carbocycles. The number of carbonyl (C=O) groups is 2. The molecule has 1 heterocycles. The van der Waals surface area contributed by atoms with Crippen molar-refractivity contribution < 1.29 is 28.5 Å². The molecule has 6 nitrogen and oxygen atoms in total. The molecule has 0 radical (unpaired) electrons. The number of hydrogen-bond acceptors (Lipinski definition) is 6. The van der Waals surface area contributed by atoms with Crippen LogP contribution < -0.4 is 0 Å². The quantitative estimate of drug-likeness (QED) is 0.756. The van der Waals surface area contributed by atoms with Gasteiger partial charge in [-0.1, -0.05) is 30.3 Å². The van der Waals surface area contributed by atoms with Gasteiger partial charge < -0.3 is 18.9 Å². The van der Waals surface area contributed by atoms with Gasteiger partial charge in [-0.3, -0.25) is 0 Å². The summed E-state index contributed by atoms with van der Waals surface area (Å²) in [6.45, 7) is 0. The number of carbonyl (C=O) groups excluding carboxylic acids is 2. The first kappa shape index (κ1) is 14.5. The molecular formula is C14H16O6. The number of hydrogen-bond donors (Lipinski definition) is 0. The van der Waals surface area contributed by atoms with Crippen LogP contribution in [0.4, 0.5) is 0 Å². The fourth-order valence-corrected chi connectivity index (χ4v) is 2.00. The minimum atomic E-state index is -1.10. The number of benzene rings is 1. The molecule has 1 saturated heterocycles. The van der Waals surface area contributed by atoms with E-state index in [9.17, 15) is 9.59 Å². The van der Waals surface area contributed by atoms with Crippen LogP contribution in [0.5, 0.6) is 0 Å². The van der Waals surface area contributed by atoms with Gasteiger partial charge in [-0.15, -0.1) is 0 Å². The van der Waals surface area contributed by atoms with Gasteiger partial charge in [0.15, 0.2) is 18.5 Å². The number of esters is 2. The molecule has 1 aliphatic rings. The van der Waals surface area contributed by atoms with Crippen molar-refractivity contribution in [3.05, 3.63) is 35.9 Å². The van der Waals surface area contributed by atoms with Gasteiger partial charge in [-0.25, -0.2) is 9.59 Å². The molecule has 0 amide bonds. The summed E-state index contributed by atoms with van der Waals surface area (Å²) in [5.41, 5.74) is 0.978. The zero-order chi connectivity index (χ0) is 14.5. The van der Waals surface area contributed by atoms with Crippen LogP contribution in [0.25, 0.3) is 0 Å². The number of ether oxygens (including phenoxy) is 4. The SMILES string of the molecule is COC(=O)[C@H]1OC(Cc2ccccc2)O[C@H]1C(=O)OC. The molecule has 6 heteroatoms. The molecule has 1 unspecified atom stereocenters. The average Bonchev–Trinajstić information content (AvgIpc) is 2.90. The molecule has 0 N–H and O–H groups in total. The minimum Gasteiger partial charge on any atom is -0.467 e. The first-order chi connectivity index (χ1) is 9.65. The third-order valence-corrected chi connectivity index (χ3v) is 2.98. The van der Waals surface area contributed by atoms with Gasteiger partial charge in [0.05, 0.1) is 14.2 Å². The highest BCUT2D eigenvalue weighted by Crippen LogP contribution is 2.24. The van der Waals surface area contributed by atoms with E-state index in [4.69, 9.17) is 9.47 Å². The Kier molecular flexibility index (Phi) is 4.70. The Hall–Kier alpha value is -1.92. The van der Waals surface area contributed by atoms with Crippen molar-refractivity contribution in [1.82, 2.24) is 0 Å².